The first kappa shape index (κ1) is 25.1. The van der Waals surface area contributed by atoms with Crippen molar-refractivity contribution < 1.29 is 23.5 Å². The molecular weight excluding hydrogens is 477 g/mol. The molecule has 2 fully saturated rings. The molecule has 9 nitrogen and oxygen atoms in total. The quantitative estimate of drug-likeness (QED) is 0.360. The lowest BCUT2D eigenvalue weighted by molar-refractivity contribution is -0.126. The highest BCUT2D eigenvalue weighted by Crippen LogP contribution is 2.36. The van der Waals surface area contributed by atoms with Crippen molar-refractivity contribution in [2.75, 3.05) is 26.9 Å². The number of carbonyl (C=O) groups is 2. The molecule has 0 unspecified atom stereocenters. The predicted octanol–water partition coefficient (Wildman–Crippen LogP) is 3.60. The Balaban J connectivity index is 1.28. The van der Waals surface area contributed by atoms with Crippen LogP contribution >= 0.6 is 0 Å². The highest BCUT2D eigenvalue weighted by molar-refractivity contribution is 6.07. The van der Waals surface area contributed by atoms with E-state index in [0.717, 1.165) is 25.7 Å². The highest BCUT2D eigenvalue weighted by atomic mass is 19.1. The van der Waals surface area contributed by atoms with Gasteiger partial charge in [0.15, 0.2) is 0 Å². The number of benzene rings is 1. The Morgan fingerprint density at radius 1 is 1.14 bits per heavy atom. The van der Waals surface area contributed by atoms with Crippen molar-refractivity contribution in [3.63, 3.8) is 0 Å². The van der Waals surface area contributed by atoms with E-state index in [1.165, 1.54) is 18.5 Å². The number of aromatic nitrogens is 3. The summed E-state index contributed by atoms with van der Waals surface area (Å²) in [5.41, 5.74) is 2.41. The number of halogens is 1. The molecule has 2 heterocycles. The van der Waals surface area contributed by atoms with Gasteiger partial charge in [-0.05, 0) is 62.6 Å². The summed E-state index contributed by atoms with van der Waals surface area (Å²) in [7, 11) is 1.60. The predicted molar refractivity (Wildman–Crippen MR) is 136 cm³/mol. The van der Waals surface area contributed by atoms with Crippen LogP contribution in [0.1, 0.15) is 48.9 Å². The molecule has 1 aromatic carbocycles. The number of rotatable bonds is 10. The first-order chi connectivity index (χ1) is 18.0. The zero-order valence-electron chi connectivity index (χ0n) is 20.9. The van der Waals surface area contributed by atoms with Gasteiger partial charge < -0.3 is 25.1 Å². The normalized spacial score (nSPS) is 19.5. The maximum absolute atomic E-state index is 14.2. The summed E-state index contributed by atoms with van der Waals surface area (Å²) in [4.78, 5) is 37.3. The van der Waals surface area contributed by atoms with Crippen molar-refractivity contribution >= 4 is 22.8 Å². The fourth-order valence-electron chi connectivity index (χ4n) is 4.81. The van der Waals surface area contributed by atoms with Gasteiger partial charge in [0.1, 0.15) is 29.1 Å². The van der Waals surface area contributed by atoms with E-state index in [9.17, 15) is 14.0 Å². The van der Waals surface area contributed by atoms with Gasteiger partial charge >= 0.3 is 0 Å². The van der Waals surface area contributed by atoms with Gasteiger partial charge in [-0.1, -0.05) is 0 Å². The topological polar surface area (TPSA) is 118 Å². The van der Waals surface area contributed by atoms with E-state index in [1.807, 2.05) is 0 Å². The number of carbonyl (C=O) groups excluding carboxylic acids is 2. The van der Waals surface area contributed by atoms with Crippen LogP contribution in [0.4, 0.5) is 4.39 Å². The number of nitrogens with zero attached hydrogens (tertiary/aromatic N) is 2. The number of hydrogen-bond acceptors (Lipinski definition) is 6. The summed E-state index contributed by atoms with van der Waals surface area (Å²) in [5.74, 6) is 0.457. The number of nitrogens with one attached hydrogen (secondary N) is 3. The second-order valence-electron chi connectivity index (χ2n) is 9.85. The van der Waals surface area contributed by atoms with Crippen molar-refractivity contribution in [1.29, 1.82) is 0 Å². The molecular formula is C27H32FN5O4. The van der Waals surface area contributed by atoms with Gasteiger partial charge in [-0.3, -0.25) is 9.59 Å². The van der Waals surface area contributed by atoms with Crippen LogP contribution in [0.15, 0.2) is 30.7 Å². The molecule has 37 heavy (non-hydrogen) atoms. The molecule has 0 atom stereocenters. The zero-order valence-corrected chi connectivity index (χ0v) is 20.9. The van der Waals surface area contributed by atoms with Crippen LogP contribution in [0.5, 0.6) is 5.75 Å². The molecule has 2 aromatic heterocycles. The first-order valence-electron chi connectivity index (χ1n) is 12.9. The maximum Gasteiger partial charge on any atom is 0.255 e. The van der Waals surface area contributed by atoms with Crippen LogP contribution < -0.4 is 15.4 Å². The molecule has 0 bridgehead atoms. The second-order valence-corrected chi connectivity index (χ2v) is 9.85. The van der Waals surface area contributed by atoms with E-state index < -0.39 is 5.82 Å². The van der Waals surface area contributed by atoms with Crippen LogP contribution in [0, 0.1) is 17.7 Å². The standard InChI is InChI=1S/C27H32FN5O4/c1-36-11-10-29-26(34)17-4-7-19(8-5-17)33-27(35)21-13-30-25-23(31-15-32-24(21)25)20-12-18(28)6-9-22(20)37-14-16-2-3-16/h6,9,12-13,15-17,19,30H,2-5,7-8,10-11,14H2,1H3,(H,29,34)(H,33,35)/t17-,19-. The summed E-state index contributed by atoms with van der Waals surface area (Å²) in [5, 5.41) is 5.98. The molecule has 196 valence electrons. The number of H-pyrrole nitrogens is 1. The third-order valence-corrected chi connectivity index (χ3v) is 7.11. The van der Waals surface area contributed by atoms with Crippen molar-refractivity contribution in [2.45, 2.75) is 44.6 Å². The number of fused-ring (bicyclic) bond motifs is 1. The van der Waals surface area contributed by atoms with E-state index in [4.69, 9.17) is 9.47 Å². The highest BCUT2D eigenvalue weighted by Gasteiger charge is 2.28. The van der Waals surface area contributed by atoms with Crippen LogP contribution in [-0.2, 0) is 9.53 Å². The molecule has 3 N–H and O–H groups in total. The van der Waals surface area contributed by atoms with Crippen LogP contribution in [0.2, 0.25) is 0 Å². The number of ether oxygens (including phenoxy) is 2. The van der Waals surface area contributed by atoms with E-state index >= 15 is 0 Å². The number of methoxy groups -OCH3 is 1. The molecule has 0 aliphatic heterocycles. The summed E-state index contributed by atoms with van der Waals surface area (Å²) in [6.07, 6.45) is 8.16. The smallest absolute Gasteiger partial charge is 0.255 e. The van der Waals surface area contributed by atoms with Crippen molar-refractivity contribution in [3.8, 4) is 17.0 Å². The van der Waals surface area contributed by atoms with Gasteiger partial charge in [-0.15, -0.1) is 0 Å². The molecule has 5 rings (SSSR count). The molecule has 2 aliphatic rings. The fraction of sp³-hybridized carbons (Fsp3) is 0.481. The summed E-state index contributed by atoms with van der Waals surface area (Å²) >= 11 is 0. The van der Waals surface area contributed by atoms with Gasteiger partial charge in [0.25, 0.3) is 5.91 Å². The van der Waals surface area contributed by atoms with Crippen molar-refractivity contribution in [3.05, 3.63) is 42.1 Å². The van der Waals surface area contributed by atoms with Crippen LogP contribution in [0.3, 0.4) is 0 Å². The van der Waals surface area contributed by atoms with E-state index in [-0.39, 0.29) is 23.8 Å². The van der Waals surface area contributed by atoms with Gasteiger partial charge in [0, 0.05) is 37.4 Å². The minimum Gasteiger partial charge on any atom is -0.493 e. The largest absolute Gasteiger partial charge is 0.493 e. The Morgan fingerprint density at radius 3 is 2.70 bits per heavy atom. The third kappa shape index (κ3) is 5.90. The molecule has 2 aliphatic carbocycles. The lowest BCUT2D eigenvalue weighted by Crippen LogP contribution is -2.41. The van der Waals surface area contributed by atoms with Crippen LogP contribution in [-0.4, -0.2) is 59.7 Å². The van der Waals surface area contributed by atoms with E-state index in [1.54, 1.807) is 19.4 Å². The first-order valence-corrected chi connectivity index (χ1v) is 12.9. The van der Waals surface area contributed by atoms with E-state index in [0.29, 0.717) is 72.1 Å². The number of aromatic amines is 1. The second kappa shape index (κ2) is 11.2. The average molecular weight is 510 g/mol. The lowest BCUT2D eigenvalue weighted by Gasteiger charge is -2.28. The van der Waals surface area contributed by atoms with Gasteiger partial charge in [-0.2, -0.15) is 0 Å². The molecule has 10 heteroatoms. The van der Waals surface area contributed by atoms with Gasteiger partial charge in [0.2, 0.25) is 5.91 Å². The molecule has 0 radical (unpaired) electrons. The Labute approximate surface area is 214 Å². The lowest BCUT2D eigenvalue weighted by atomic mass is 9.85. The van der Waals surface area contributed by atoms with Crippen LogP contribution in [0.25, 0.3) is 22.3 Å². The molecule has 0 spiro atoms. The maximum atomic E-state index is 14.2. The SMILES string of the molecule is COCCNC(=O)[C@H]1CC[C@H](NC(=O)c2c[nH]c3c(-c4cc(F)ccc4OCC4CC4)ncnc23)CC1. The average Bonchev–Trinajstić information content (AvgIpc) is 3.64. The number of hydrogen-bond donors (Lipinski definition) is 3. The number of amides is 2. The molecule has 2 saturated carbocycles. The molecule has 2 amide bonds. The summed E-state index contributed by atoms with van der Waals surface area (Å²) < 4.78 is 25.1. The molecule has 3 aromatic rings. The monoisotopic (exact) mass is 509 g/mol. The molecule has 0 saturated heterocycles. The zero-order chi connectivity index (χ0) is 25.8. The van der Waals surface area contributed by atoms with Crippen molar-refractivity contribution in [1.82, 2.24) is 25.6 Å². The van der Waals surface area contributed by atoms with E-state index in [2.05, 4.69) is 25.6 Å². The Hall–Kier alpha value is -3.53. The minimum atomic E-state index is -0.395. The van der Waals surface area contributed by atoms with Crippen molar-refractivity contribution in [2.24, 2.45) is 11.8 Å². The fourth-order valence-corrected chi connectivity index (χ4v) is 4.81. The Bertz CT molecular complexity index is 1270. The summed E-state index contributed by atoms with van der Waals surface area (Å²) in [6, 6.07) is 4.36. The van der Waals surface area contributed by atoms with Gasteiger partial charge in [0.05, 0.1) is 24.3 Å². The summed E-state index contributed by atoms with van der Waals surface area (Å²) in [6.45, 7) is 1.57. The van der Waals surface area contributed by atoms with Gasteiger partial charge in [-0.25, -0.2) is 14.4 Å². The minimum absolute atomic E-state index is 0.0209. The Kier molecular flexibility index (Phi) is 7.64. The Morgan fingerprint density at radius 2 is 1.95 bits per heavy atom. The third-order valence-electron chi connectivity index (χ3n) is 7.11.